The van der Waals surface area contributed by atoms with Gasteiger partial charge in [0, 0.05) is 11.5 Å². The minimum atomic E-state index is -0.809. The van der Waals surface area contributed by atoms with E-state index in [1.165, 1.54) is 35.8 Å². The molecule has 0 aromatic heterocycles. The molecule has 0 unspecified atom stereocenters. The Kier molecular flexibility index (Phi) is 20.1. The SMILES string of the molecule is COC(=O)CNC(=O)[C@@H](N)CSSC[C@H](N)C(=O)NCC(=O)OC.Cl.Cl. The lowest BCUT2D eigenvalue weighted by Gasteiger charge is -2.13. The first-order chi connectivity index (χ1) is 11.3. The average Bonchev–Trinajstić information content (AvgIpc) is 2.59. The molecule has 2 amide bonds. The van der Waals surface area contributed by atoms with Gasteiger partial charge in [0.15, 0.2) is 0 Å². The highest BCUT2D eigenvalue weighted by Crippen LogP contribution is 2.22. The Balaban J connectivity index is -0.00000264. The molecule has 10 nitrogen and oxygen atoms in total. The van der Waals surface area contributed by atoms with Gasteiger partial charge in [-0.05, 0) is 0 Å². The van der Waals surface area contributed by atoms with Crippen molar-refractivity contribution >= 4 is 70.2 Å². The van der Waals surface area contributed by atoms with Crippen molar-refractivity contribution in [2.75, 3.05) is 38.8 Å². The molecule has 0 aromatic rings. The van der Waals surface area contributed by atoms with Crippen molar-refractivity contribution in [3.05, 3.63) is 0 Å². The molecule has 0 heterocycles. The number of hydrogen-bond acceptors (Lipinski definition) is 10. The van der Waals surface area contributed by atoms with Crippen LogP contribution >= 0.6 is 46.4 Å². The number of rotatable bonds is 11. The molecule has 2 atom stereocenters. The highest BCUT2D eigenvalue weighted by Gasteiger charge is 2.17. The van der Waals surface area contributed by atoms with Crippen LogP contribution in [0, 0.1) is 0 Å². The quantitative estimate of drug-likeness (QED) is 0.163. The van der Waals surface area contributed by atoms with Crippen LogP contribution in [0.2, 0.25) is 0 Å². The van der Waals surface area contributed by atoms with Crippen LogP contribution in [-0.2, 0) is 28.7 Å². The maximum absolute atomic E-state index is 11.6. The number of nitrogens with one attached hydrogen (secondary N) is 2. The number of carbonyl (C=O) groups is 4. The van der Waals surface area contributed by atoms with E-state index in [4.69, 9.17) is 11.5 Å². The Morgan fingerprint density at radius 3 is 1.38 bits per heavy atom. The summed E-state index contributed by atoms with van der Waals surface area (Å²) in [5.74, 6) is -1.55. The third kappa shape index (κ3) is 14.3. The molecule has 0 rings (SSSR count). The van der Waals surface area contributed by atoms with Crippen LogP contribution in [0.15, 0.2) is 0 Å². The van der Waals surface area contributed by atoms with Gasteiger partial charge >= 0.3 is 11.9 Å². The first-order valence-electron chi connectivity index (χ1n) is 6.76. The summed E-state index contributed by atoms with van der Waals surface area (Å²) in [5.41, 5.74) is 11.3. The summed E-state index contributed by atoms with van der Waals surface area (Å²) in [6, 6.07) is -1.62. The van der Waals surface area contributed by atoms with Crippen LogP contribution < -0.4 is 22.1 Å². The minimum Gasteiger partial charge on any atom is -0.468 e. The van der Waals surface area contributed by atoms with Crippen LogP contribution in [0.4, 0.5) is 0 Å². The number of halogens is 2. The zero-order valence-corrected chi connectivity index (χ0v) is 17.5. The summed E-state index contributed by atoms with van der Waals surface area (Å²) in [5, 5.41) is 4.68. The van der Waals surface area contributed by atoms with E-state index < -0.39 is 35.8 Å². The predicted molar refractivity (Wildman–Crippen MR) is 105 cm³/mol. The van der Waals surface area contributed by atoms with E-state index in [2.05, 4.69) is 20.1 Å². The molecule has 6 N–H and O–H groups in total. The highest BCUT2D eigenvalue weighted by molar-refractivity contribution is 8.76. The molecule has 154 valence electrons. The molecule has 0 aromatic carbocycles. The molecule has 0 aliphatic heterocycles. The zero-order valence-electron chi connectivity index (χ0n) is 14.2. The molecule has 0 saturated heterocycles. The van der Waals surface area contributed by atoms with E-state index in [9.17, 15) is 19.2 Å². The first kappa shape index (κ1) is 29.8. The van der Waals surface area contributed by atoms with E-state index in [0.717, 1.165) is 0 Å². The summed E-state index contributed by atoms with van der Waals surface area (Å²) in [6.45, 7) is -0.488. The number of carbonyl (C=O) groups excluding carboxylic acids is 4. The van der Waals surface area contributed by atoms with Crippen molar-refractivity contribution in [3.63, 3.8) is 0 Å². The molecule has 0 spiro atoms. The van der Waals surface area contributed by atoms with Crippen molar-refractivity contribution in [1.29, 1.82) is 0 Å². The lowest BCUT2D eigenvalue weighted by atomic mass is 10.3. The normalized spacial score (nSPS) is 11.7. The van der Waals surface area contributed by atoms with Gasteiger partial charge in [-0.15, -0.1) is 24.8 Å². The molecule has 0 aliphatic rings. The molecule has 14 heteroatoms. The fraction of sp³-hybridized carbons (Fsp3) is 0.667. The average molecular weight is 455 g/mol. The minimum absolute atomic E-state index is 0. The smallest absolute Gasteiger partial charge is 0.325 e. The van der Waals surface area contributed by atoms with Gasteiger partial charge in [-0.3, -0.25) is 19.2 Å². The van der Waals surface area contributed by atoms with Gasteiger partial charge in [0.2, 0.25) is 11.8 Å². The molecule has 0 radical (unpaired) electrons. The largest absolute Gasteiger partial charge is 0.468 e. The molecule has 0 fully saturated rings. The molecule has 26 heavy (non-hydrogen) atoms. The number of esters is 2. The highest BCUT2D eigenvalue weighted by atomic mass is 35.5. The lowest BCUT2D eigenvalue weighted by molar-refractivity contribution is -0.141. The van der Waals surface area contributed by atoms with Crippen molar-refractivity contribution in [2.24, 2.45) is 11.5 Å². The Bertz CT molecular complexity index is 421. The molecule has 0 aliphatic carbocycles. The summed E-state index contributed by atoms with van der Waals surface area (Å²) < 4.78 is 8.77. The number of hydrogen-bond donors (Lipinski definition) is 4. The van der Waals surface area contributed by atoms with Gasteiger partial charge in [0.25, 0.3) is 0 Å². The van der Waals surface area contributed by atoms with Crippen LogP contribution in [0.3, 0.4) is 0 Å². The van der Waals surface area contributed by atoms with E-state index in [1.54, 1.807) is 0 Å². The third-order valence-corrected chi connectivity index (χ3v) is 4.99. The van der Waals surface area contributed by atoms with Crippen LogP contribution in [-0.4, -0.2) is 74.7 Å². The second kappa shape index (κ2) is 17.5. The standard InChI is InChI=1S/C12H22N4O6S2.2ClH/c1-21-9(17)3-15-11(19)7(13)5-23-24-6-8(14)12(20)16-4-10(18)22-2;;/h7-8H,3-6,13-14H2,1-2H3,(H,15,19)(H,16,20);2*1H/t7-,8-;;/m0../s1. The third-order valence-electron chi connectivity index (χ3n) is 2.52. The summed E-state index contributed by atoms with van der Waals surface area (Å²) in [4.78, 5) is 44.9. The monoisotopic (exact) mass is 454 g/mol. The summed E-state index contributed by atoms with van der Waals surface area (Å²) in [7, 11) is 4.96. The van der Waals surface area contributed by atoms with Gasteiger partial charge in [-0.2, -0.15) is 0 Å². The van der Waals surface area contributed by atoms with E-state index in [0.29, 0.717) is 0 Å². The van der Waals surface area contributed by atoms with Crippen LogP contribution in [0.5, 0.6) is 0 Å². The topological polar surface area (TPSA) is 163 Å². The Hall–Kier alpha value is -0.920. The summed E-state index contributed by atoms with van der Waals surface area (Å²) >= 11 is 0. The molecule has 0 saturated carbocycles. The first-order valence-corrected chi connectivity index (χ1v) is 9.25. The van der Waals surface area contributed by atoms with Gasteiger partial charge in [0.05, 0.1) is 26.3 Å². The number of ether oxygens (including phenoxy) is 2. The van der Waals surface area contributed by atoms with Gasteiger partial charge in [-0.25, -0.2) is 0 Å². The number of methoxy groups -OCH3 is 2. The lowest BCUT2D eigenvalue weighted by Crippen LogP contribution is -2.44. The van der Waals surface area contributed by atoms with Crippen molar-refractivity contribution < 1.29 is 28.7 Å². The molecular weight excluding hydrogens is 431 g/mol. The van der Waals surface area contributed by atoms with Crippen LogP contribution in [0.25, 0.3) is 0 Å². The predicted octanol–water partition coefficient (Wildman–Crippen LogP) is -1.56. The van der Waals surface area contributed by atoms with Crippen molar-refractivity contribution in [2.45, 2.75) is 12.1 Å². The van der Waals surface area contributed by atoms with Crippen LogP contribution in [0.1, 0.15) is 0 Å². The Morgan fingerprint density at radius 1 is 0.808 bits per heavy atom. The second-order valence-electron chi connectivity index (χ2n) is 4.37. The fourth-order valence-electron chi connectivity index (χ4n) is 1.12. The van der Waals surface area contributed by atoms with E-state index in [1.807, 2.05) is 0 Å². The van der Waals surface area contributed by atoms with Crippen molar-refractivity contribution in [1.82, 2.24) is 10.6 Å². The van der Waals surface area contributed by atoms with E-state index in [-0.39, 0.29) is 49.4 Å². The summed E-state index contributed by atoms with van der Waals surface area (Å²) in [6.07, 6.45) is 0. The van der Waals surface area contributed by atoms with Gasteiger partial charge in [-0.1, -0.05) is 21.6 Å². The van der Waals surface area contributed by atoms with Crippen molar-refractivity contribution in [3.8, 4) is 0 Å². The van der Waals surface area contributed by atoms with Gasteiger partial charge < -0.3 is 31.6 Å². The maximum Gasteiger partial charge on any atom is 0.325 e. The zero-order chi connectivity index (χ0) is 18.5. The number of nitrogens with two attached hydrogens (primary N) is 2. The maximum atomic E-state index is 11.6. The van der Waals surface area contributed by atoms with Gasteiger partial charge in [0.1, 0.15) is 13.1 Å². The fourth-order valence-corrected chi connectivity index (χ4v) is 3.36. The van der Waals surface area contributed by atoms with E-state index >= 15 is 0 Å². The second-order valence-corrected chi connectivity index (χ2v) is 6.92. The molecular formula is C12H24Cl2N4O6S2. The molecule has 0 bridgehead atoms. The Morgan fingerprint density at radius 2 is 1.12 bits per heavy atom. The Labute approximate surface area is 171 Å². The number of amides is 2.